The molecular formula is C25H23FN4OS. The van der Waals surface area contributed by atoms with E-state index in [9.17, 15) is 9.18 Å². The predicted octanol–water partition coefficient (Wildman–Crippen LogP) is 5.25. The van der Waals surface area contributed by atoms with Crippen LogP contribution in [0.1, 0.15) is 44.8 Å². The summed E-state index contributed by atoms with van der Waals surface area (Å²) in [4.78, 5) is 23.9. The summed E-state index contributed by atoms with van der Waals surface area (Å²) in [6.45, 7) is 0.761. The highest BCUT2D eigenvalue weighted by Gasteiger charge is 2.19. The van der Waals surface area contributed by atoms with Crippen LogP contribution in [0.15, 0.2) is 54.9 Å². The number of nitrogens with one attached hydrogen (secondary N) is 2. The molecule has 2 N–H and O–H groups in total. The normalized spacial score (nSPS) is 13.0. The maximum absolute atomic E-state index is 13.7. The smallest absolute Gasteiger partial charge is 0.251 e. The predicted molar refractivity (Wildman–Crippen MR) is 125 cm³/mol. The third kappa shape index (κ3) is 4.21. The fraction of sp³-hybridized carbons (Fsp3) is 0.240. The largest absolute Gasteiger partial charge is 0.365 e. The van der Waals surface area contributed by atoms with Crippen LogP contribution >= 0.6 is 11.3 Å². The maximum Gasteiger partial charge on any atom is 0.251 e. The molecule has 0 atom stereocenters. The van der Waals surface area contributed by atoms with Crippen molar-refractivity contribution in [2.24, 2.45) is 0 Å². The third-order valence-electron chi connectivity index (χ3n) is 5.82. The number of hydrogen-bond donors (Lipinski definition) is 2. The molecule has 0 bridgehead atoms. The van der Waals surface area contributed by atoms with Crippen LogP contribution in [-0.4, -0.2) is 15.9 Å². The zero-order valence-corrected chi connectivity index (χ0v) is 18.3. The Balaban J connectivity index is 1.24. The number of carbonyl (C=O) groups is 1. The fourth-order valence-corrected chi connectivity index (χ4v) is 5.33. The number of halogens is 1. The Hall–Kier alpha value is -3.32. The number of benzene rings is 2. The van der Waals surface area contributed by atoms with Gasteiger partial charge >= 0.3 is 0 Å². The summed E-state index contributed by atoms with van der Waals surface area (Å²) in [6, 6.07) is 13.9. The van der Waals surface area contributed by atoms with Crippen LogP contribution in [0.25, 0.3) is 10.2 Å². The van der Waals surface area contributed by atoms with Crippen molar-refractivity contribution in [1.82, 2.24) is 15.3 Å². The van der Waals surface area contributed by atoms with Gasteiger partial charge in [-0.1, -0.05) is 30.3 Å². The first-order valence-electron chi connectivity index (χ1n) is 10.8. The topological polar surface area (TPSA) is 66.9 Å². The van der Waals surface area contributed by atoms with E-state index < -0.39 is 0 Å². The Labute approximate surface area is 189 Å². The highest BCUT2D eigenvalue weighted by atomic mass is 32.1. The lowest BCUT2D eigenvalue weighted by Crippen LogP contribution is -2.23. The second kappa shape index (κ2) is 9.04. The van der Waals surface area contributed by atoms with Crippen molar-refractivity contribution < 1.29 is 9.18 Å². The number of amides is 1. The molecule has 0 radical (unpaired) electrons. The van der Waals surface area contributed by atoms with Gasteiger partial charge in [-0.3, -0.25) is 4.79 Å². The van der Waals surface area contributed by atoms with Gasteiger partial charge < -0.3 is 10.6 Å². The van der Waals surface area contributed by atoms with E-state index in [4.69, 9.17) is 0 Å². The van der Waals surface area contributed by atoms with Crippen LogP contribution in [0, 0.1) is 5.82 Å². The van der Waals surface area contributed by atoms with Crippen molar-refractivity contribution in [1.29, 1.82) is 0 Å². The highest BCUT2D eigenvalue weighted by molar-refractivity contribution is 7.19. The molecule has 1 amide bonds. The first kappa shape index (κ1) is 20.6. The molecule has 32 heavy (non-hydrogen) atoms. The first-order valence-corrected chi connectivity index (χ1v) is 11.6. The lowest BCUT2D eigenvalue weighted by molar-refractivity contribution is 0.0950. The third-order valence-corrected chi connectivity index (χ3v) is 7.02. The van der Waals surface area contributed by atoms with Gasteiger partial charge in [0, 0.05) is 29.1 Å². The van der Waals surface area contributed by atoms with E-state index in [-0.39, 0.29) is 18.3 Å². The summed E-state index contributed by atoms with van der Waals surface area (Å²) >= 11 is 1.79. The van der Waals surface area contributed by atoms with Gasteiger partial charge in [0.15, 0.2) is 0 Å². The van der Waals surface area contributed by atoms with E-state index in [0.717, 1.165) is 34.4 Å². The van der Waals surface area contributed by atoms with Gasteiger partial charge in [0.05, 0.1) is 5.39 Å². The number of carbonyl (C=O) groups excluding carboxylic acids is 1. The highest BCUT2D eigenvalue weighted by Crippen LogP contribution is 2.38. The molecule has 162 valence electrons. The summed E-state index contributed by atoms with van der Waals surface area (Å²) in [5.74, 6) is 0.330. The number of rotatable bonds is 6. The average molecular weight is 447 g/mol. The summed E-state index contributed by atoms with van der Waals surface area (Å²) in [7, 11) is 0. The lowest BCUT2D eigenvalue weighted by atomic mass is 9.97. The number of fused-ring (bicyclic) bond motifs is 3. The van der Waals surface area contributed by atoms with E-state index in [1.807, 2.05) is 12.1 Å². The van der Waals surface area contributed by atoms with Gasteiger partial charge in [0.1, 0.15) is 22.8 Å². The number of nitrogens with zero attached hydrogens (tertiary/aromatic N) is 2. The van der Waals surface area contributed by atoms with Crippen LogP contribution in [-0.2, 0) is 25.9 Å². The Morgan fingerprint density at radius 3 is 2.66 bits per heavy atom. The van der Waals surface area contributed by atoms with E-state index in [1.54, 1.807) is 48.0 Å². The van der Waals surface area contributed by atoms with Gasteiger partial charge in [0.2, 0.25) is 0 Å². The average Bonchev–Trinajstić information content (AvgIpc) is 3.22. The van der Waals surface area contributed by atoms with Gasteiger partial charge in [0.25, 0.3) is 5.91 Å². The molecule has 0 spiro atoms. The zero-order valence-electron chi connectivity index (χ0n) is 17.5. The Kier molecular flexibility index (Phi) is 5.81. The number of aryl methyl sites for hydroxylation is 2. The minimum atomic E-state index is -0.320. The molecule has 0 fully saturated rings. The molecule has 5 nitrogen and oxygen atoms in total. The Bertz CT molecular complexity index is 1270. The summed E-state index contributed by atoms with van der Waals surface area (Å²) in [6.07, 6.45) is 6.31. The molecule has 7 heteroatoms. The SMILES string of the molecule is O=C(NCc1ccccc1F)c1ccc(CNc2ncnc3sc4c(c23)CCCC4)cc1. The van der Waals surface area contributed by atoms with Crippen LogP contribution < -0.4 is 10.6 Å². The monoisotopic (exact) mass is 446 g/mol. The molecule has 2 aromatic heterocycles. The first-order chi connectivity index (χ1) is 15.7. The van der Waals surface area contributed by atoms with Crippen molar-refractivity contribution in [2.75, 3.05) is 5.32 Å². The van der Waals surface area contributed by atoms with E-state index in [0.29, 0.717) is 17.7 Å². The van der Waals surface area contributed by atoms with Crippen molar-refractivity contribution in [3.8, 4) is 0 Å². The maximum atomic E-state index is 13.7. The van der Waals surface area contributed by atoms with Gasteiger partial charge in [-0.2, -0.15) is 0 Å². The van der Waals surface area contributed by atoms with Crippen molar-refractivity contribution >= 4 is 33.3 Å². The fourth-order valence-electron chi connectivity index (χ4n) is 4.10. The van der Waals surface area contributed by atoms with Crippen molar-refractivity contribution in [3.63, 3.8) is 0 Å². The Morgan fingerprint density at radius 1 is 1.00 bits per heavy atom. The minimum absolute atomic E-state index is 0.156. The molecule has 5 rings (SSSR count). The minimum Gasteiger partial charge on any atom is -0.365 e. The molecule has 0 unspecified atom stereocenters. The molecule has 2 heterocycles. The number of anilines is 1. The molecule has 1 aliphatic carbocycles. The molecule has 4 aromatic rings. The molecule has 0 aliphatic heterocycles. The lowest BCUT2D eigenvalue weighted by Gasteiger charge is -2.12. The molecule has 1 aliphatic rings. The van der Waals surface area contributed by atoms with Gasteiger partial charge in [-0.15, -0.1) is 11.3 Å². The molecule has 2 aromatic carbocycles. The Morgan fingerprint density at radius 2 is 1.81 bits per heavy atom. The zero-order chi connectivity index (χ0) is 21.9. The number of thiophene rings is 1. The second-order valence-corrected chi connectivity index (χ2v) is 9.02. The molecule has 0 saturated heterocycles. The standard InChI is InChI=1S/C25H23FN4OS/c26-20-7-3-1-5-18(20)14-28-24(31)17-11-9-16(10-12-17)13-27-23-22-19-6-2-4-8-21(19)32-25(22)30-15-29-23/h1,3,5,7,9-12,15H,2,4,6,8,13-14H2,(H,28,31)(H,27,29,30). The summed E-state index contributed by atoms with van der Waals surface area (Å²) in [5, 5.41) is 7.39. The number of aromatic nitrogens is 2. The van der Waals surface area contributed by atoms with Gasteiger partial charge in [-0.05, 0) is 55.0 Å². The van der Waals surface area contributed by atoms with Crippen LogP contribution in [0.4, 0.5) is 10.2 Å². The van der Waals surface area contributed by atoms with Gasteiger partial charge in [-0.25, -0.2) is 14.4 Å². The summed E-state index contributed by atoms with van der Waals surface area (Å²) < 4.78 is 13.7. The van der Waals surface area contributed by atoms with Crippen LogP contribution in [0.5, 0.6) is 0 Å². The summed E-state index contributed by atoms with van der Waals surface area (Å²) in [5.41, 5.74) is 3.46. The molecular weight excluding hydrogens is 423 g/mol. The quantitative estimate of drug-likeness (QED) is 0.424. The van der Waals surface area contributed by atoms with Crippen molar-refractivity contribution in [2.45, 2.75) is 38.8 Å². The van der Waals surface area contributed by atoms with Crippen LogP contribution in [0.2, 0.25) is 0 Å². The van der Waals surface area contributed by atoms with Crippen LogP contribution in [0.3, 0.4) is 0 Å². The number of hydrogen-bond acceptors (Lipinski definition) is 5. The van der Waals surface area contributed by atoms with E-state index in [1.165, 1.54) is 29.3 Å². The second-order valence-electron chi connectivity index (χ2n) is 7.94. The van der Waals surface area contributed by atoms with Crippen molar-refractivity contribution in [3.05, 3.63) is 87.8 Å². The van der Waals surface area contributed by atoms with E-state index >= 15 is 0 Å². The molecule has 0 saturated carbocycles. The van der Waals surface area contributed by atoms with E-state index in [2.05, 4.69) is 20.6 Å².